The molecule has 0 amide bonds. The largest absolute Gasteiger partial charge is 0.487 e. The van der Waals surface area contributed by atoms with Crippen molar-refractivity contribution in [3.8, 4) is 5.75 Å². The number of aromatic nitrogens is 1. The second kappa shape index (κ2) is 4.80. The molecule has 0 spiro atoms. The fourth-order valence-electron chi connectivity index (χ4n) is 1.16. The molecule has 84 valence electrons. The highest BCUT2D eigenvalue weighted by molar-refractivity contribution is 9.10. The molecular formula is C10H8BrFN2OS. The van der Waals surface area contributed by atoms with Gasteiger partial charge >= 0.3 is 0 Å². The molecule has 0 aliphatic heterocycles. The van der Waals surface area contributed by atoms with Gasteiger partial charge in [0, 0.05) is 15.9 Å². The van der Waals surface area contributed by atoms with Gasteiger partial charge in [0.1, 0.15) is 18.2 Å². The maximum Gasteiger partial charge on any atom is 0.180 e. The van der Waals surface area contributed by atoms with Crippen molar-refractivity contribution in [3.05, 3.63) is 39.6 Å². The van der Waals surface area contributed by atoms with Crippen molar-refractivity contribution >= 4 is 32.4 Å². The summed E-state index contributed by atoms with van der Waals surface area (Å²) < 4.78 is 19.0. The van der Waals surface area contributed by atoms with Crippen LogP contribution in [-0.4, -0.2) is 4.98 Å². The van der Waals surface area contributed by atoms with Gasteiger partial charge in [-0.05, 0) is 12.1 Å². The third-order valence-corrected chi connectivity index (χ3v) is 2.97. The first kappa shape index (κ1) is 11.3. The Labute approximate surface area is 104 Å². The summed E-state index contributed by atoms with van der Waals surface area (Å²) in [6.45, 7) is 0.281. The summed E-state index contributed by atoms with van der Waals surface area (Å²) in [7, 11) is 0. The van der Waals surface area contributed by atoms with E-state index in [2.05, 4.69) is 20.9 Å². The molecule has 2 N–H and O–H groups in total. The fraction of sp³-hybridized carbons (Fsp3) is 0.100. The third kappa shape index (κ3) is 2.93. The third-order valence-electron chi connectivity index (χ3n) is 1.79. The molecule has 16 heavy (non-hydrogen) atoms. The van der Waals surface area contributed by atoms with Crippen LogP contribution in [0, 0.1) is 5.82 Å². The maximum atomic E-state index is 13.0. The van der Waals surface area contributed by atoms with Gasteiger partial charge in [-0.2, -0.15) is 0 Å². The minimum absolute atomic E-state index is 0.281. The van der Waals surface area contributed by atoms with Crippen molar-refractivity contribution in [1.29, 1.82) is 0 Å². The summed E-state index contributed by atoms with van der Waals surface area (Å²) in [6.07, 6.45) is 0. The molecule has 2 rings (SSSR count). The highest BCUT2D eigenvalue weighted by Crippen LogP contribution is 2.22. The van der Waals surface area contributed by atoms with E-state index < -0.39 is 0 Å². The topological polar surface area (TPSA) is 48.1 Å². The van der Waals surface area contributed by atoms with Gasteiger partial charge in [0.15, 0.2) is 5.13 Å². The van der Waals surface area contributed by atoms with E-state index in [1.807, 2.05) is 5.38 Å². The average Bonchev–Trinajstić information content (AvgIpc) is 2.60. The van der Waals surface area contributed by atoms with Crippen molar-refractivity contribution in [1.82, 2.24) is 4.98 Å². The van der Waals surface area contributed by atoms with E-state index >= 15 is 0 Å². The summed E-state index contributed by atoms with van der Waals surface area (Å²) in [5, 5.41) is 2.31. The fourth-order valence-corrected chi connectivity index (χ4v) is 2.15. The molecule has 0 unspecified atom stereocenters. The molecule has 0 atom stereocenters. The van der Waals surface area contributed by atoms with Gasteiger partial charge in [-0.3, -0.25) is 0 Å². The minimum Gasteiger partial charge on any atom is -0.487 e. The molecule has 3 nitrogen and oxygen atoms in total. The van der Waals surface area contributed by atoms with E-state index in [1.54, 1.807) is 6.07 Å². The number of hydrogen-bond donors (Lipinski definition) is 1. The lowest BCUT2D eigenvalue weighted by Crippen LogP contribution is -1.96. The van der Waals surface area contributed by atoms with Crippen molar-refractivity contribution in [2.24, 2.45) is 0 Å². The van der Waals surface area contributed by atoms with E-state index in [1.165, 1.54) is 23.5 Å². The molecule has 0 radical (unpaired) electrons. The van der Waals surface area contributed by atoms with Crippen molar-refractivity contribution in [2.45, 2.75) is 6.61 Å². The number of nitrogens with two attached hydrogens (primary N) is 1. The van der Waals surface area contributed by atoms with Gasteiger partial charge in [0.2, 0.25) is 0 Å². The van der Waals surface area contributed by atoms with E-state index in [-0.39, 0.29) is 12.4 Å². The molecular weight excluding hydrogens is 295 g/mol. The van der Waals surface area contributed by atoms with Gasteiger partial charge in [-0.25, -0.2) is 9.37 Å². The Bertz CT molecular complexity index is 483. The Morgan fingerprint density at radius 3 is 2.88 bits per heavy atom. The number of anilines is 1. The van der Waals surface area contributed by atoms with Crippen LogP contribution in [0.5, 0.6) is 5.75 Å². The van der Waals surface area contributed by atoms with E-state index in [0.29, 0.717) is 15.4 Å². The molecule has 0 bridgehead atoms. The summed E-state index contributed by atoms with van der Waals surface area (Å²) in [5.74, 6) is 0.112. The number of nitrogen functional groups attached to an aromatic ring is 1. The number of hydrogen-bond acceptors (Lipinski definition) is 4. The Hall–Kier alpha value is -1.14. The molecule has 0 fully saturated rings. The van der Waals surface area contributed by atoms with Crippen molar-refractivity contribution in [2.75, 3.05) is 5.73 Å². The van der Waals surface area contributed by atoms with Crippen LogP contribution in [0.15, 0.2) is 28.1 Å². The Morgan fingerprint density at radius 2 is 2.25 bits per heavy atom. The monoisotopic (exact) mass is 302 g/mol. The average molecular weight is 303 g/mol. The quantitative estimate of drug-likeness (QED) is 0.947. The first-order valence-electron chi connectivity index (χ1n) is 4.42. The lowest BCUT2D eigenvalue weighted by atomic mass is 10.3. The number of thiazole rings is 1. The van der Waals surface area contributed by atoms with Gasteiger partial charge in [0.25, 0.3) is 0 Å². The second-order valence-corrected chi connectivity index (χ2v) is 4.88. The number of nitrogens with zero attached hydrogens (tertiary/aromatic N) is 1. The molecule has 0 aliphatic carbocycles. The van der Waals surface area contributed by atoms with Crippen LogP contribution in [-0.2, 0) is 6.61 Å². The minimum atomic E-state index is -0.345. The first-order valence-corrected chi connectivity index (χ1v) is 6.09. The first-order chi connectivity index (χ1) is 7.63. The van der Waals surface area contributed by atoms with Crippen LogP contribution < -0.4 is 10.5 Å². The zero-order valence-electron chi connectivity index (χ0n) is 8.11. The molecule has 0 saturated carbocycles. The summed E-state index contributed by atoms with van der Waals surface area (Å²) in [5.41, 5.74) is 6.22. The molecule has 1 aromatic carbocycles. The lowest BCUT2D eigenvalue weighted by molar-refractivity contribution is 0.300. The van der Waals surface area contributed by atoms with Gasteiger partial charge in [-0.15, -0.1) is 11.3 Å². The zero-order valence-corrected chi connectivity index (χ0v) is 10.5. The Balaban J connectivity index is 2.04. The molecule has 6 heteroatoms. The van der Waals surface area contributed by atoms with Crippen LogP contribution in [0.1, 0.15) is 5.69 Å². The number of halogens is 2. The lowest BCUT2D eigenvalue weighted by Gasteiger charge is -2.04. The van der Waals surface area contributed by atoms with E-state index in [9.17, 15) is 4.39 Å². The smallest absolute Gasteiger partial charge is 0.180 e. The predicted octanol–water partition coefficient (Wildman–Crippen LogP) is 3.21. The molecule has 2 aromatic rings. The summed E-state index contributed by atoms with van der Waals surface area (Å²) in [6, 6.07) is 4.38. The zero-order chi connectivity index (χ0) is 11.5. The highest BCUT2D eigenvalue weighted by Gasteiger charge is 2.03. The van der Waals surface area contributed by atoms with Crippen LogP contribution in [0.4, 0.5) is 9.52 Å². The van der Waals surface area contributed by atoms with E-state index in [0.717, 1.165) is 5.69 Å². The van der Waals surface area contributed by atoms with Crippen LogP contribution in [0.3, 0.4) is 0 Å². The second-order valence-electron chi connectivity index (χ2n) is 3.07. The van der Waals surface area contributed by atoms with E-state index in [4.69, 9.17) is 10.5 Å². The molecule has 0 saturated heterocycles. The standard InChI is InChI=1S/C10H8BrFN2OS/c11-6-1-7(12)3-9(2-6)15-4-8-5-16-10(13)14-8/h1-3,5H,4H2,(H2,13,14). The van der Waals surface area contributed by atoms with Crippen molar-refractivity contribution in [3.63, 3.8) is 0 Å². The number of benzene rings is 1. The predicted molar refractivity (Wildman–Crippen MR) is 65.0 cm³/mol. The van der Waals surface area contributed by atoms with Gasteiger partial charge in [-0.1, -0.05) is 15.9 Å². The Morgan fingerprint density at radius 1 is 1.44 bits per heavy atom. The molecule has 0 aliphatic rings. The normalized spacial score (nSPS) is 10.4. The SMILES string of the molecule is Nc1nc(COc2cc(F)cc(Br)c2)cs1. The van der Waals surface area contributed by atoms with Gasteiger partial charge < -0.3 is 10.5 Å². The van der Waals surface area contributed by atoms with Gasteiger partial charge in [0.05, 0.1) is 5.69 Å². The highest BCUT2D eigenvalue weighted by atomic mass is 79.9. The Kier molecular flexibility index (Phi) is 3.40. The molecule has 1 heterocycles. The number of ether oxygens (including phenoxy) is 1. The van der Waals surface area contributed by atoms with Crippen molar-refractivity contribution < 1.29 is 9.13 Å². The van der Waals surface area contributed by atoms with Crippen LogP contribution in [0.25, 0.3) is 0 Å². The summed E-state index contributed by atoms with van der Waals surface area (Å²) in [4.78, 5) is 4.04. The van der Waals surface area contributed by atoms with Crippen LogP contribution >= 0.6 is 27.3 Å². The summed E-state index contributed by atoms with van der Waals surface area (Å²) >= 11 is 4.54. The van der Waals surface area contributed by atoms with Crippen LogP contribution in [0.2, 0.25) is 0 Å². The maximum absolute atomic E-state index is 13.0. The molecule has 1 aromatic heterocycles. The number of rotatable bonds is 3.